The summed E-state index contributed by atoms with van der Waals surface area (Å²) in [4.78, 5) is 19.0. The third-order valence-corrected chi connectivity index (χ3v) is 5.70. The predicted octanol–water partition coefficient (Wildman–Crippen LogP) is 2.65. The van der Waals surface area contributed by atoms with Crippen LogP contribution in [0.2, 0.25) is 0 Å². The van der Waals surface area contributed by atoms with Crippen molar-refractivity contribution in [3.05, 3.63) is 35.9 Å². The predicted molar refractivity (Wildman–Crippen MR) is 119 cm³/mol. The molecule has 160 valence electrons. The monoisotopic (exact) mass is 399 g/mol. The molecule has 1 amide bonds. The van der Waals surface area contributed by atoms with Gasteiger partial charge in [0.15, 0.2) is 5.96 Å². The van der Waals surface area contributed by atoms with E-state index in [4.69, 9.17) is 0 Å². The number of benzene rings is 1. The van der Waals surface area contributed by atoms with Crippen LogP contribution in [-0.2, 0) is 11.3 Å². The van der Waals surface area contributed by atoms with Gasteiger partial charge in [0.25, 0.3) is 0 Å². The van der Waals surface area contributed by atoms with Gasteiger partial charge in [-0.3, -0.25) is 14.7 Å². The van der Waals surface area contributed by atoms with Crippen molar-refractivity contribution >= 4 is 11.9 Å². The third kappa shape index (κ3) is 7.69. The molecule has 0 spiro atoms. The lowest BCUT2D eigenvalue weighted by molar-refractivity contribution is -0.121. The van der Waals surface area contributed by atoms with Crippen LogP contribution < -0.4 is 16.0 Å². The summed E-state index contributed by atoms with van der Waals surface area (Å²) < 4.78 is 0. The number of carbonyl (C=O) groups excluding carboxylic acids is 1. The van der Waals surface area contributed by atoms with Crippen molar-refractivity contribution in [2.75, 3.05) is 19.6 Å². The van der Waals surface area contributed by atoms with E-state index in [1.54, 1.807) is 0 Å². The molecule has 3 N–H and O–H groups in total. The molecule has 2 unspecified atom stereocenters. The van der Waals surface area contributed by atoms with Crippen molar-refractivity contribution in [3.63, 3.8) is 0 Å². The van der Waals surface area contributed by atoms with Gasteiger partial charge in [0.2, 0.25) is 5.91 Å². The number of likely N-dealkylation sites (tertiary alicyclic amines) is 1. The first-order valence-electron chi connectivity index (χ1n) is 11.3. The van der Waals surface area contributed by atoms with E-state index in [0.29, 0.717) is 31.1 Å². The average molecular weight is 400 g/mol. The molecule has 2 atom stereocenters. The number of carbonyl (C=O) groups is 1. The number of hydrogen-bond acceptors (Lipinski definition) is 3. The molecule has 29 heavy (non-hydrogen) atoms. The fraction of sp³-hybridized carbons (Fsp3) is 0.652. The van der Waals surface area contributed by atoms with Crippen LogP contribution >= 0.6 is 0 Å². The fourth-order valence-electron chi connectivity index (χ4n) is 3.88. The van der Waals surface area contributed by atoms with Crippen molar-refractivity contribution in [3.8, 4) is 0 Å². The van der Waals surface area contributed by atoms with E-state index in [2.05, 4.69) is 70.0 Å². The highest BCUT2D eigenvalue weighted by atomic mass is 16.1. The minimum Gasteiger partial charge on any atom is -0.357 e. The zero-order chi connectivity index (χ0) is 20.5. The van der Waals surface area contributed by atoms with Gasteiger partial charge >= 0.3 is 0 Å². The first-order valence-corrected chi connectivity index (χ1v) is 11.3. The second-order valence-corrected chi connectivity index (χ2v) is 8.38. The zero-order valence-corrected chi connectivity index (χ0v) is 18.0. The van der Waals surface area contributed by atoms with E-state index in [0.717, 1.165) is 57.7 Å². The number of rotatable bonds is 9. The van der Waals surface area contributed by atoms with Crippen molar-refractivity contribution in [2.24, 2.45) is 4.99 Å². The number of piperidine rings is 1. The molecule has 1 heterocycles. The smallest absolute Gasteiger partial charge is 0.220 e. The number of nitrogens with one attached hydrogen (secondary N) is 3. The topological polar surface area (TPSA) is 68.8 Å². The molecule has 1 aliphatic carbocycles. The highest BCUT2D eigenvalue weighted by molar-refractivity contribution is 5.80. The number of hydrogen-bond donors (Lipinski definition) is 3. The SMILES string of the molecule is CCNC(=NCCCC(=O)NC1CC1)NC1CCN(Cc2ccccc2)C(C)C1. The van der Waals surface area contributed by atoms with Crippen molar-refractivity contribution in [2.45, 2.75) is 77.0 Å². The Hall–Kier alpha value is -2.08. The molecule has 2 aliphatic rings. The summed E-state index contributed by atoms with van der Waals surface area (Å²) in [7, 11) is 0. The van der Waals surface area contributed by atoms with Crippen molar-refractivity contribution in [1.29, 1.82) is 0 Å². The van der Waals surface area contributed by atoms with Gasteiger partial charge in [0, 0.05) is 50.7 Å². The molecule has 1 aromatic rings. The van der Waals surface area contributed by atoms with Gasteiger partial charge in [0.1, 0.15) is 0 Å². The van der Waals surface area contributed by atoms with E-state index in [-0.39, 0.29) is 5.91 Å². The highest BCUT2D eigenvalue weighted by Gasteiger charge is 2.26. The summed E-state index contributed by atoms with van der Waals surface area (Å²) in [6, 6.07) is 12.1. The van der Waals surface area contributed by atoms with Gasteiger partial charge in [0.05, 0.1) is 0 Å². The Morgan fingerprint density at radius 3 is 2.62 bits per heavy atom. The largest absolute Gasteiger partial charge is 0.357 e. The van der Waals surface area contributed by atoms with Crippen LogP contribution in [0.3, 0.4) is 0 Å². The van der Waals surface area contributed by atoms with Crippen LogP contribution in [0.4, 0.5) is 0 Å². The summed E-state index contributed by atoms with van der Waals surface area (Å²) >= 11 is 0. The van der Waals surface area contributed by atoms with Gasteiger partial charge in [-0.1, -0.05) is 30.3 Å². The first-order chi connectivity index (χ1) is 14.1. The van der Waals surface area contributed by atoms with Crippen LogP contribution in [0.15, 0.2) is 35.3 Å². The van der Waals surface area contributed by atoms with E-state index in [1.165, 1.54) is 5.56 Å². The van der Waals surface area contributed by atoms with E-state index in [1.807, 2.05) is 0 Å². The van der Waals surface area contributed by atoms with Crippen LogP contribution in [-0.4, -0.2) is 54.5 Å². The minimum absolute atomic E-state index is 0.167. The molecule has 0 aromatic heterocycles. The quantitative estimate of drug-likeness (QED) is 0.339. The molecule has 1 saturated carbocycles. The lowest BCUT2D eigenvalue weighted by Crippen LogP contribution is -2.51. The lowest BCUT2D eigenvalue weighted by Gasteiger charge is -2.38. The number of nitrogens with zero attached hydrogens (tertiary/aromatic N) is 2. The Balaban J connectivity index is 1.40. The molecule has 6 nitrogen and oxygen atoms in total. The Labute approximate surface area is 175 Å². The normalized spacial score (nSPS) is 22.9. The molecule has 6 heteroatoms. The molecule has 3 rings (SSSR count). The molecule has 2 fully saturated rings. The molecule has 0 bridgehead atoms. The lowest BCUT2D eigenvalue weighted by atomic mass is 9.97. The molecule has 1 aromatic carbocycles. The summed E-state index contributed by atoms with van der Waals surface area (Å²) in [5.74, 6) is 1.05. The maximum absolute atomic E-state index is 11.8. The van der Waals surface area contributed by atoms with E-state index in [9.17, 15) is 4.79 Å². The minimum atomic E-state index is 0.167. The van der Waals surface area contributed by atoms with Crippen molar-refractivity contribution < 1.29 is 4.79 Å². The Morgan fingerprint density at radius 2 is 1.93 bits per heavy atom. The van der Waals surface area contributed by atoms with Gasteiger partial charge in [-0.15, -0.1) is 0 Å². The van der Waals surface area contributed by atoms with E-state index >= 15 is 0 Å². The van der Waals surface area contributed by atoms with Crippen LogP contribution in [0.1, 0.15) is 57.9 Å². The van der Waals surface area contributed by atoms with E-state index < -0.39 is 0 Å². The van der Waals surface area contributed by atoms with Gasteiger partial charge < -0.3 is 16.0 Å². The zero-order valence-electron chi connectivity index (χ0n) is 18.0. The Kier molecular flexibility index (Phi) is 8.35. The molecule has 1 aliphatic heterocycles. The number of guanidine groups is 1. The number of amides is 1. The molecule has 0 radical (unpaired) electrons. The standard InChI is InChI=1S/C23H37N5O/c1-3-24-23(25-14-7-10-22(29)26-20-11-12-20)27-21-13-15-28(18(2)16-21)17-19-8-5-4-6-9-19/h4-6,8-9,18,20-21H,3,7,10-17H2,1-2H3,(H,26,29)(H2,24,25,27). The molecule has 1 saturated heterocycles. The van der Waals surface area contributed by atoms with Crippen LogP contribution in [0.5, 0.6) is 0 Å². The van der Waals surface area contributed by atoms with Crippen LogP contribution in [0, 0.1) is 0 Å². The summed E-state index contributed by atoms with van der Waals surface area (Å²) in [6.07, 6.45) is 5.86. The first kappa shape index (κ1) is 21.6. The second-order valence-electron chi connectivity index (χ2n) is 8.38. The number of aliphatic imine (C=N–C) groups is 1. The summed E-state index contributed by atoms with van der Waals surface area (Å²) in [5, 5.41) is 10.0. The highest BCUT2D eigenvalue weighted by Crippen LogP contribution is 2.20. The van der Waals surface area contributed by atoms with Gasteiger partial charge in [-0.25, -0.2) is 0 Å². The molecular formula is C23H37N5O. The maximum Gasteiger partial charge on any atom is 0.220 e. The van der Waals surface area contributed by atoms with Crippen molar-refractivity contribution in [1.82, 2.24) is 20.9 Å². The summed E-state index contributed by atoms with van der Waals surface area (Å²) in [5.41, 5.74) is 1.38. The van der Waals surface area contributed by atoms with Gasteiger partial charge in [-0.2, -0.15) is 0 Å². The Bertz CT molecular complexity index is 658. The second kappa shape index (κ2) is 11.2. The maximum atomic E-state index is 11.8. The van der Waals surface area contributed by atoms with Gasteiger partial charge in [-0.05, 0) is 51.5 Å². The Morgan fingerprint density at radius 1 is 1.14 bits per heavy atom. The van der Waals surface area contributed by atoms with Crippen LogP contribution in [0.25, 0.3) is 0 Å². The fourth-order valence-corrected chi connectivity index (χ4v) is 3.88. The molecular weight excluding hydrogens is 362 g/mol. The summed E-state index contributed by atoms with van der Waals surface area (Å²) in [6.45, 7) is 8.04. The third-order valence-electron chi connectivity index (χ3n) is 5.70. The average Bonchev–Trinajstić information content (AvgIpc) is 3.52.